The van der Waals surface area contributed by atoms with Gasteiger partial charge in [-0.15, -0.1) is 24.0 Å². The van der Waals surface area contributed by atoms with Crippen molar-refractivity contribution < 1.29 is 4.74 Å². The molecule has 2 aromatic rings. The van der Waals surface area contributed by atoms with Crippen LogP contribution in [0.3, 0.4) is 0 Å². The number of aromatic nitrogens is 1. The first-order valence-corrected chi connectivity index (χ1v) is 9.89. The summed E-state index contributed by atoms with van der Waals surface area (Å²) in [6, 6.07) is 12.5. The summed E-state index contributed by atoms with van der Waals surface area (Å²) in [5.41, 5.74) is 2.39. The second-order valence-corrected chi connectivity index (χ2v) is 7.64. The summed E-state index contributed by atoms with van der Waals surface area (Å²) in [6.07, 6.45) is 1.98. The summed E-state index contributed by atoms with van der Waals surface area (Å²) in [5.74, 6) is 0.755. The molecule has 154 valence electrons. The second kappa shape index (κ2) is 10.7. The zero-order valence-corrected chi connectivity index (χ0v) is 20.0. The molecule has 2 heterocycles. The highest BCUT2D eigenvalue weighted by atomic mass is 127. The molecule has 3 rings (SSSR count). The Labute approximate surface area is 193 Å². The molecule has 0 aliphatic carbocycles. The summed E-state index contributed by atoms with van der Waals surface area (Å²) < 4.78 is 7.48. The Morgan fingerprint density at radius 1 is 1.18 bits per heavy atom. The minimum Gasteiger partial charge on any atom is -0.381 e. The number of nitrogens with one attached hydrogen (secondary N) is 2. The van der Waals surface area contributed by atoms with Crippen LogP contribution < -0.4 is 10.6 Å². The van der Waals surface area contributed by atoms with Crippen LogP contribution in [0.15, 0.2) is 41.4 Å². The number of hydrogen-bond donors (Lipinski definition) is 2. The fourth-order valence-electron chi connectivity index (χ4n) is 3.53. The van der Waals surface area contributed by atoms with Crippen molar-refractivity contribution in [1.82, 2.24) is 15.2 Å². The first-order chi connectivity index (χ1) is 13.1. The molecule has 0 saturated carbocycles. The molecule has 1 aliphatic rings. The predicted molar refractivity (Wildman–Crippen MR) is 127 cm³/mol. The maximum atomic E-state index is 6.14. The van der Waals surface area contributed by atoms with Crippen molar-refractivity contribution in [3.8, 4) is 0 Å². The van der Waals surface area contributed by atoms with Crippen LogP contribution in [0.25, 0.3) is 0 Å². The van der Waals surface area contributed by atoms with E-state index in [-0.39, 0.29) is 29.4 Å². The molecule has 8 heteroatoms. The second-order valence-electron chi connectivity index (χ2n) is 6.87. The highest BCUT2D eigenvalue weighted by molar-refractivity contribution is 14.0. The number of aliphatic imine (C=N–C) groups is 1. The zero-order valence-electron chi connectivity index (χ0n) is 16.2. The number of halogens is 3. The lowest BCUT2D eigenvalue weighted by Crippen LogP contribution is -2.48. The highest BCUT2D eigenvalue weighted by Crippen LogP contribution is 2.34. The Kier molecular flexibility index (Phi) is 8.92. The molecular weight excluding hydrogens is 510 g/mol. The number of hydrogen-bond acceptors (Lipinski definition) is 2. The Morgan fingerprint density at radius 2 is 1.86 bits per heavy atom. The van der Waals surface area contributed by atoms with E-state index >= 15 is 0 Å². The fraction of sp³-hybridized carbons (Fsp3) is 0.450. The Hall–Kier alpha value is -0.960. The molecule has 1 aromatic heterocycles. The van der Waals surface area contributed by atoms with Crippen LogP contribution in [-0.2, 0) is 23.7 Å². The minimum atomic E-state index is 0. The number of ether oxygens (including phenoxy) is 1. The first-order valence-electron chi connectivity index (χ1n) is 9.13. The molecule has 0 spiro atoms. The summed E-state index contributed by atoms with van der Waals surface area (Å²) in [5, 5.41) is 7.95. The van der Waals surface area contributed by atoms with Gasteiger partial charge in [-0.2, -0.15) is 0 Å². The van der Waals surface area contributed by atoms with E-state index in [9.17, 15) is 0 Å². The third-order valence-corrected chi connectivity index (χ3v) is 6.15. The average molecular weight is 537 g/mol. The van der Waals surface area contributed by atoms with Crippen molar-refractivity contribution in [3.63, 3.8) is 0 Å². The Balaban J connectivity index is 0.00000280. The van der Waals surface area contributed by atoms with Crippen molar-refractivity contribution in [2.24, 2.45) is 12.0 Å². The van der Waals surface area contributed by atoms with Crippen molar-refractivity contribution >= 4 is 53.1 Å². The van der Waals surface area contributed by atoms with Crippen LogP contribution in [0.4, 0.5) is 0 Å². The molecule has 2 N–H and O–H groups in total. The van der Waals surface area contributed by atoms with E-state index in [1.165, 1.54) is 5.56 Å². The fourth-order valence-corrected chi connectivity index (χ4v) is 3.94. The van der Waals surface area contributed by atoms with E-state index in [0.29, 0.717) is 16.7 Å². The number of benzene rings is 1. The summed E-state index contributed by atoms with van der Waals surface area (Å²) in [7, 11) is 3.67. The van der Waals surface area contributed by atoms with Crippen LogP contribution in [0.1, 0.15) is 24.1 Å². The largest absolute Gasteiger partial charge is 0.381 e. The molecule has 1 aromatic carbocycles. The summed E-state index contributed by atoms with van der Waals surface area (Å²) >= 11 is 12.2. The standard InChI is InChI=1S/C20H26Cl2N4O.HI/c1-23-19(24-13-16-12-17(21)18(22)26(16)2)25-14-20(8-10-27-11-9-20)15-6-4-3-5-7-15;/h3-7,12H,8-11,13-14H2,1-2H3,(H2,23,24,25);1H. The van der Waals surface area contributed by atoms with Crippen molar-refractivity contribution in [3.05, 3.63) is 57.8 Å². The monoisotopic (exact) mass is 536 g/mol. The van der Waals surface area contributed by atoms with Gasteiger partial charge in [0, 0.05) is 45.0 Å². The smallest absolute Gasteiger partial charge is 0.191 e. The number of nitrogens with zero attached hydrogens (tertiary/aromatic N) is 2. The van der Waals surface area contributed by atoms with Crippen molar-refractivity contribution in [1.29, 1.82) is 0 Å². The zero-order chi connectivity index (χ0) is 19.3. The lowest BCUT2D eigenvalue weighted by atomic mass is 9.74. The maximum Gasteiger partial charge on any atom is 0.191 e. The van der Waals surface area contributed by atoms with E-state index in [0.717, 1.165) is 44.3 Å². The van der Waals surface area contributed by atoms with Crippen LogP contribution in [-0.4, -0.2) is 37.3 Å². The molecule has 28 heavy (non-hydrogen) atoms. The van der Waals surface area contributed by atoms with Gasteiger partial charge in [0.05, 0.1) is 11.6 Å². The van der Waals surface area contributed by atoms with Crippen LogP contribution in [0.5, 0.6) is 0 Å². The molecule has 0 bridgehead atoms. The molecule has 0 unspecified atom stereocenters. The van der Waals surface area contributed by atoms with E-state index in [1.54, 1.807) is 7.05 Å². The quantitative estimate of drug-likeness (QED) is 0.339. The molecule has 5 nitrogen and oxygen atoms in total. The van der Waals surface area contributed by atoms with E-state index in [1.807, 2.05) is 17.7 Å². The summed E-state index contributed by atoms with van der Waals surface area (Å²) in [4.78, 5) is 4.36. The van der Waals surface area contributed by atoms with E-state index < -0.39 is 0 Å². The number of rotatable bonds is 5. The van der Waals surface area contributed by atoms with Crippen molar-refractivity contribution in [2.45, 2.75) is 24.8 Å². The van der Waals surface area contributed by atoms with Gasteiger partial charge in [0.25, 0.3) is 0 Å². The van der Waals surface area contributed by atoms with Crippen LogP contribution >= 0.6 is 47.2 Å². The molecule has 1 fully saturated rings. The van der Waals surface area contributed by atoms with Gasteiger partial charge < -0.3 is 19.9 Å². The van der Waals surface area contributed by atoms with Gasteiger partial charge in [-0.25, -0.2) is 0 Å². The van der Waals surface area contributed by atoms with Gasteiger partial charge in [0.1, 0.15) is 5.15 Å². The normalized spacial score (nSPS) is 16.4. The Morgan fingerprint density at radius 3 is 2.43 bits per heavy atom. The van der Waals surface area contributed by atoms with Gasteiger partial charge in [-0.1, -0.05) is 53.5 Å². The lowest BCUT2D eigenvalue weighted by Gasteiger charge is -2.38. The Bertz CT molecular complexity index is 789. The highest BCUT2D eigenvalue weighted by Gasteiger charge is 2.34. The topological polar surface area (TPSA) is 50.6 Å². The van der Waals surface area contributed by atoms with E-state index in [2.05, 4.69) is 46.0 Å². The van der Waals surface area contributed by atoms with Crippen molar-refractivity contribution in [2.75, 3.05) is 26.8 Å². The van der Waals surface area contributed by atoms with Gasteiger partial charge in [-0.05, 0) is 24.5 Å². The molecular formula is C20H27Cl2IN4O. The van der Waals surface area contributed by atoms with Crippen LogP contribution in [0, 0.1) is 0 Å². The molecule has 0 atom stereocenters. The average Bonchev–Trinajstić information content (AvgIpc) is 2.96. The minimum absolute atomic E-state index is 0. The molecule has 1 saturated heterocycles. The maximum absolute atomic E-state index is 6.14. The molecule has 0 amide bonds. The van der Waals surface area contributed by atoms with Gasteiger partial charge in [-0.3, -0.25) is 4.99 Å². The molecule has 1 aliphatic heterocycles. The SMILES string of the molecule is CN=C(NCc1cc(Cl)c(Cl)n1C)NCC1(c2ccccc2)CCOCC1.I. The third-order valence-electron chi connectivity index (χ3n) is 5.31. The summed E-state index contributed by atoms with van der Waals surface area (Å²) in [6.45, 7) is 2.95. The number of guanidine groups is 1. The van der Waals surface area contributed by atoms with Gasteiger partial charge >= 0.3 is 0 Å². The van der Waals surface area contributed by atoms with E-state index in [4.69, 9.17) is 27.9 Å². The van der Waals surface area contributed by atoms with Gasteiger partial charge in [0.2, 0.25) is 0 Å². The first kappa shape index (κ1) is 23.3. The third kappa shape index (κ3) is 5.34. The molecule has 0 radical (unpaired) electrons. The van der Waals surface area contributed by atoms with Gasteiger partial charge in [0.15, 0.2) is 5.96 Å². The lowest BCUT2D eigenvalue weighted by molar-refractivity contribution is 0.0514. The van der Waals surface area contributed by atoms with Crippen LogP contribution in [0.2, 0.25) is 10.2 Å². The predicted octanol–water partition coefficient (Wildman–Crippen LogP) is 4.36.